The molecule has 1 amide bonds. The molecule has 0 aromatic heterocycles. The molecule has 1 saturated heterocycles. The van der Waals surface area contributed by atoms with E-state index in [0.29, 0.717) is 29.0 Å². The molecule has 1 aromatic carbocycles. The molecule has 132 valence electrons. The molecule has 2 fully saturated rings. The van der Waals surface area contributed by atoms with Crippen molar-refractivity contribution in [1.82, 2.24) is 5.32 Å². The molecule has 1 aliphatic heterocycles. The van der Waals surface area contributed by atoms with Gasteiger partial charge in [-0.3, -0.25) is 4.79 Å². The molecule has 1 aliphatic carbocycles. The summed E-state index contributed by atoms with van der Waals surface area (Å²) in [7, 11) is 0. The van der Waals surface area contributed by atoms with Crippen LogP contribution < -0.4 is 10.1 Å². The van der Waals surface area contributed by atoms with Gasteiger partial charge in [0.25, 0.3) is 5.91 Å². The van der Waals surface area contributed by atoms with E-state index in [2.05, 4.69) is 5.32 Å². The number of amides is 1. The van der Waals surface area contributed by atoms with Crippen molar-refractivity contribution in [1.29, 1.82) is 0 Å². The van der Waals surface area contributed by atoms with E-state index in [1.807, 2.05) is 0 Å². The summed E-state index contributed by atoms with van der Waals surface area (Å²) >= 11 is 12.0. The first kappa shape index (κ1) is 17.8. The summed E-state index contributed by atoms with van der Waals surface area (Å²) in [5.74, 6) is -0.465. The van der Waals surface area contributed by atoms with Crippen LogP contribution in [0.15, 0.2) is 18.2 Å². The second kappa shape index (κ2) is 7.48. The second-order valence-corrected chi connectivity index (χ2v) is 6.99. The zero-order valence-electron chi connectivity index (χ0n) is 13.5. The summed E-state index contributed by atoms with van der Waals surface area (Å²) in [6.45, 7) is 2.82. The number of hydrogen-bond acceptors (Lipinski definition) is 4. The summed E-state index contributed by atoms with van der Waals surface area (Å²) in [5, 5.41) is 3.91. The normalized spacial score (nSPS) is 23.9. The molecule has 0 radical (unpaired) electrons. The fourth-order valence-corrected chi connectivity index (χ4v) is 3.67. The minimum absolute atomic E-state index is 0.159. The van der Waals surface area contributed by atoms with Crippen LogP contribution in [0.4, 0.5) is 0 Å². The van der Waals surface area contributed by atoms with Crippen LogP contribution in [0.2, 0.25) is 10.0 Å². The highest BCUT2D eigenvalue weighted by atomic mass is 35.5. The number of hydrogen-bond donors (Lipinski definition) is 1. The second-order valence-electron chi connectivity index (χ2n) is 6.15. The lowest BCUT2D eigenvalue weighted by Gasteiger charge is -2.39. The molecule has 1 N–H and O–H groups in total. The molecule has 24 heavy (non-hydrogen) atoms. The number of carbonyl (C=O) groups excluding carboxylic acids is 1. The van der Waals surface area contributed by atoms with Gasteiger partial charge in [0.15, 0.2) is 11.9 Å². The van der Waals surface area contributed by atoms with Crippen molar-refractivity contribution in [2.75, 3.05) is 13.2 Å². The standard InChI is InChI=1S/C17H21Cl2NO4/c1-11(24-14-6-5-12(18)10-13(14)19)16(21)20-15-4-2-3-7-17(15)22-8-9-23-17/h5-6,10-11,15H,2-4,7-9H2,1H3,(H,20,21). The highest BCUT2D eigenvalue weighted by Crippen LogP contribution is 2.36. The van der Waals surface area contributed by atoms with E-state index in [1.165, 1.54) is 0 Å². The number of ether oxygens (including phenoxy) is 3. The van der Waals surface area contributed by atoms with Crippen LogP contribution in [0, 0.1) is 0 Å². The Morgan fingerprint density at radius 3 is 2.79 bits per heavy atom. The maximum Gasteiger partial charge on any atom is 0.261 e. The zero-order valence-corrected chi connectivity index (χ0v) is 15.0. The van der Waals surface area contributed by atoms with Gasteiger partial charge in [0, 0.05) is 11.4 Å². The van der Waals surface area contributed by atoms with Gasteiger partial charge in [-0.1, -0.05) is 29.6 Å². The average Bonchev–Trinajstić information content (AvgIpc) is 3.01. The van der Waals surface area contributed by atoms with Crippen molar-refractivity contribution in [2.45, 2.75) is 50.5 Å². The van der Waals surface area contributed by atoms with Crippen molar-refractivity contribution < 1.29 is 19.0 Å². The summed E-state index contributed by atoms with van der Waals surface area (Å²) in [6.07, 6.45) is 3.02. The Labute approximate surface area is 151 Å². The fourth-order valence-electron chi connectivity index (χ4n) is 3.22. The Balaban J connectivity index is 1.63. The smallest absolute Gasteiger partial charge is 0.261 e. The van der Waals surface area contributed by atoms with E-state index in [0.717, 1.165) is 25.7 Å². The van der Waals surface area contributed by atoms with E-state index in [-0.39, 0.29) is 11.9 Å². The lowest BCUT2D eigenvalue weighted by molar-refractivity contribution is -0.197. The number of rotatable bonds is 4. The number of carbonyl (C=O) groups is 1. The Morgan fingerprint density at radius 1 is 1.33 bits per heavy atom. The molecule has 2 aliphatic rings. The Morgan fingerprint density at radius 2 is 2.08 bits per heavy atom. The molecule has 2 atom stereocenters. The quantitative estimate of drug-likeness (QED) is 0.876. The highest BCUT2D eigenvalue weighted by Gasteiger charge is 2.47. The van der Waals surface area contributed by atoms with Gasteiger partial charge in [0.1, 0.15) is 5.75 Å². The molecular weight excluding hydrogens is 353 g/mol. The van der Waals surface area contributed by atoms with Gasteiger partial charge in [-0.15, -0.1) is 0 Å². The van der Waals surface area contributed by atoms with E-state index in [9.17, 15) is 4.79 Å². The first-order chi connectivity index (χ1) is 11.5. The van der Waals surface area contributed by atoms with Crippen LogP contribution in [0.3, 0.4) is 0 Å². The molecule has 5 nitrogen and oxygen atoms in total. The number of halogens is 2. The maximum atomic E-state index is 12.5. The van der Waals surface area contributed by atoms with E-state index < -0.39 is 11.9 Å². The van der Waals surface area contributed by atoms with Gasteiger partial charge in [-0.05, 0) is 38.0 Å². The van der Waals surface area contributed by atoms with Crippen molar-refractivity contribution in [3.05, 3.63) is 28.2 Å². The first-order valence-corrected chi connectivity index (χ1v) is 8.96. The minimum Gasteiger partial charge on any atom is -0.479 e. The predicted molar refractivity (Wildman–Crippen MR) is 91.6 cm³/mol. The summed E-state index contributed by atoms with van der Waals surface area (Å²) in [4.78, 5) is 12.5. The monoisotopic (exact) mass is 373 g/mol. The molecule has 1 aromatic rings. The minimum atomic E-state index is -0.691. The van der Waals surface area contributed by atoms with Gasteiger partial charge in [-0.25, -0.2) is 0 Å². The van der Waals surface area contributed by atoms with Crippen molar-refractivity contribution in [3.8, 4) is 5.75 Å². The van der Waals surface area contributed by atoms with Crippen LogP contribution in [0.25, 0.3) is 0 Å². The first-order valence-electron chi connectivity index (χ1n) is 8.20. The molecule has 1 spiro atoms. The van der Waals surface area contributed by atoms with Crippen LogP contribution >= 0.6 is 23.2 Å². The van der Waals surface area contributed by atoms with E-state index in [4.69, 9.17) is 37.4 Å². The van der Waals surface area contributed by atoms with E-state index in [1.54, 1.807) is 25.1 Å². The Bertz CT molecular complexity index is 604. The summed E-state index contributed by atoms with van der Waals surface area (Å²) < 4.78 is 17.3. The third-order valence-corrected chi connectivity index (χ3v) is 4.99. The van der Waals surface area contributed by atoms with Crippen molar-refractivity contribution in [3.63, 3.8) is 0 Å². The summed E-state index contributed by atoms with van der Waals surface area (Å²) in [5.41, 5.74) is 0. The Kier molecular flexibility index (Phi) is 5.55. The average molecular weight is 374 g/mol. The van der Waals surface area contributed by atoms with Gasteiger partial charge >= 0.3 is 0 Å². The molecule has 1 saturated carbocycles. The molecule has 3 rings (SSSR count). The fraction of sp³-hybridized carbons (Fsp3) is 0.588. The van der Waals surface area contributed by atoms with Crippen molar-refractivity contribution >= 4 is 29.1 Å². The number of benzene rings is 1. The van der Waals surface area contributed by atoms with Gasteiger partial charge in [0.2, 0.25) is 0 Å². The Hall–Kier alpha value is -1.01. The molecule has 7 heteroatoms. The summed E-state index contributed by atoms with van der Waals surface area (Å²) in [6, 6.07) is 4.75. The highest BCUT2D eigenvalue weighted by molar-refractivity contribution is 6.35. The predicted octanol–water partition coefficient (Wildman–Crippen LogP) is 3.56. The third-order valence-electron chi connectivity index (χ3n) is 4.46. The lowest BCUT2D eigenvalue weighted by Crippen LogP contribution is -2.57. The van der Waals surface area contributed by atoms with Crippen molar-refractivity contribution in [2.24, 2.45) is 0 Å². The van der Waals surface area contributed by atoms with Gasteiger partial charge in [0.05, 0.1) is 24.3 Å². The zero-order chi connectivity index (χ0) is 17.2. The van der Waals surface area contributed by atoms with Gasteiger partial charge < -0.3 is 19.5 Å². The third kappa shape index (κ3) is 3.80. The molecular formula is C17H21Cl2NO4. The largest absolute Gasteiger partial charge is 0.479 e. The van der Waals surface area contributed by atoms with E-state index >= 15 is 0 Å². The molecule has 2 unspecified atom stereocenters. The van der Waals surface area contributed by atoms with Gasteiger partial charge in [-0.2, -0.15) is 0 Å². The number of nitrogens with one attached hydrogen (secondary N) is 1. The van der Waals surface area contributed by atoms with Crippen LogP contribution in [0.5, 0.6) is 5.75 Å². The topological polar surface area (TPSA) is 56.8 Å². The lowest BCUT2D eigenvalue weighted by atomic mass is 9.89. The molecule has 0 bridgehead atoms. The SMILES string of the molecule is CC(Oc1ccc(Cl)cc1Cl)C(=O)NC1CCCCC12OCCO2. The van der Waals surface area contributed by atoms with Crippen LogP contribution in [-0.2, 0) is 14.3 Å². The molecule has 1 heterocycles. The van der Waals surface area contributed by atoms with Crippen LogP contribution in [-0.4, -0.2) is 37.1 Å². The van der Waals surface area contributed by atoms with Crippen LogP contribution in [0.1, 0.15) is 32.6 Å². The maximum absolute atomic E-state index is 12.5.